The van der Waals surface area contributed by atoms with Gasteiger partial charge in [0.05, 0.1) is 13.2 Å². The standard InChI is InChI=1S/C18H23NO3/c1-18(12-20,13-22-2)11-19-17(21)16-9-7-15(8-10-16)6-5-14-3-4-14/h7-10,14,20H,3-4,11-13H2,1-2H3,(H,19,21). The van der Waals surface area contributed by atoms with Crippen molar-refractivity contribution in [3.05, 3.63) is 35.4 Å². The zero-order valence-corrected chi connectivity index (χ0v) is 13.2. The number of amides is 1. The molecule has 0 spiro atoms. The van der Waals surface area contributed by atoms with Crippen molar-refractivity contribution >= 4 is 5.91 Å². The summed E-state index contributed by atoms with van der Waals surface area (Å²) >= 11 is 0. The largest absolute Gasteiger partial charge is 0.396 e. The Morgan fingerprint density at radius 3 is 2.64 bits per heavy atom. The fourth-order valence-electron chi connectivity index (χ4n) is 2.01. The second-order valence-corrected chi connectivity index (χ2v) is 6.21. The minimum Gasteiger partial charge on any atom is -0.396 e. The lowest BCUT2D eigenvalue weighted by Gasteiger charge is -2.26. The normalized spacial score (nSPS) is 16.3. The molecule has 1 amide bonds. The Balaban J connectivity index is 1.90. The quantitative estimate of drug-likeness (QED) is 0.788. The topological polar surface area (TPSA) is 58.6 Å². The van der Waals surface area contributed by atoms with Gasteiger partial charge >= 0.3 is 0 Å². The molecule has 0 aromatic heterocycles. The highest BCUT2D eigenvalue weighted by Crippen LogP contribution is 2.27. The second-order valence-electron chi connectivity index (χ2n) is 6.21. The lowest BCUT2D eigenvalue weighted by molar-refractivity contribution is 0.0414. The molecule has 4 nitrogen and oxygen atoms in total. The van der Waals surface area contributed by atoms with Gasteiger partial charge in [-0.05, 0) is 37.1 Å². The predicted molar refractivity (Wildman–Crippen MR) is 85.4 cm³/mol. The molecule has 1 atom stereocenters. The number of hydrogen-bond donors (Lipinski definition) is 2. The number of hydrogen-bond acceptors (Lipinski definition) is 3. The molecular weight excluding hydrogens is 278 g/mol. The fourth-order valence-corrected chi connectivity index (χ4v) is 2.01. The van der Waals surface area contributed by atoms with E-state index < -0.39 is 5.41 Å². The number of rotatable bonds is 6. The van der Waals surface area contributed by atoms with Crippen LogP contribution in [0, 0.1) is 23.2 Å². The molecule has 1 aromatic carbocycles. The molecule has 0 bridgehead atoms. The van der Waals surface area contributed by atoms with E-state index in [2.05, 4.69) is 17.2 Å². The number of carbonyl (C=O) groups is 1. The molecule has 118 valence electrons. The van der Waals surface area contributed by atoms with Crippen LogP contribution in [-0.2, 0) is 4.74 Å². The van der Waals surface area contributed by atoms with Crippen LogP contribution < -0.4 is 5.32 Å². The van der Waals surface area contributed by atoms with Gasteiger partial charge in [0.25, 0.3) is 5.91 Å². The summed E-state index contributed by atoms with van der Waals surface area (Å²) in [4.78, 5) is 12.1. The summed E-state index contributed by atoms with van der Waals surface area (Å²) in [5.74, 6) is 6.73. The lowest BCUT2D eigenvalue weighted by atomic mass is 9.93. The second kappa shape index (κ2) is 7.44. The third kappa shape index (κ3) is 4.87. The Morgan fingerprint density at radius 2 is 2.09 bits per heavy atom. The zero-order valence-electron chi connectivity index (χ0n) is 13.2. The zero-order chi connectivity index (χ0) is 16.0. The maximum atomic E-state index is 12.1. The van der Waals surface area contributed by atoms with E-state index in [4.69, 9.17) is 4.74 Å². The predicted octanol–water partition coefficient (Wildman–Crippen LogP) is 1.82. The first-order chi connectivity index (χ1) is 10.6. The van der Waals surface area contributed by atoms with Gasteiger partial charge in [-0.1, -0.05) is 18.8 Å². The van der Waals surface area contributed by atoms with Gasteiger partial charge in [0, 0.05) is 36.1 Å². The molecule has 1 saturated carbocycles. The highest BCUT2D eigenvalue weighted by atomic mass is 16.5. The Hall–Kier alpha value is -1.83. The Kier molecular flexibility index (Phi) is 5.59. The number of nitrogens with one attached hydrogen (secondary N) is 1. The van der Waals surface area contributed by atoms with Gasteiger partial charge in [0.15, 0.2) is 0 Å². The number of aliphatic hydroxyl groups excluding tert-OH is 1. The van der Waals surface area contributed by atoms with Crippen LogP contribution in [0.15, 0.2) is 24.3 Å². The lowest BCUT2D eigenvalue weighted by Crippen LogP contribution is -2.41. The van der Waals surface area contributed by atoms with Crippen molar-refractivity contribution in [3.63, 3.8) is 0 Å². The molecule has 2 rings (SSSR count). The number of carbonyl (C=O) groups excluding carboxylic acids is 1. The van der Waals surface area contributed by atoms with Crippen LogP contribution in [0.3, 0.4) is 0 Å². The maximum Gasteiger partial charge on any atom is 0.251 e. The van der Waals surface area contributed by atoms with Gasteiger partial charge in [0.2, 0.25) is 0 Å². The van der Waals surface area contributed by atoms with Crippen LogP contribution in [0.4, 0.5) is 0 Å². The van der Waals surface area contributed by atoms with Gasteiger partial charge in [-0.25, -0.2) is 0 Å². The molecule has 1 aliphatic carbocycles. The Labute approximate surface area is 131 Å². The van der Waals surface area contributed by atoms with E-state index in [1.165, 1.54) is 12.8 Å². The summed E-state index contributed by atoms with van der Waals surface area (Å²) in [6, 6.07) is 7.28. The van der Waals surface area contributed by atoms with Crippen LogP contribution in [0.25, 0.3) is 0 Å². The summed E-state index contributed by atoms with van der Waals surface area (Å²) in [5, 5.41) is 12.2. The summed E-state index contributed by atoms with van der Waals surface area (Å²) in [5.41, 5.74) is 1.05. The molecule has 1 unspecified atom stereocenters. The third-order valence-electron chi connectivity index (χ3n) is 3.70. The summed E-state index contributed by atoms with van der Waals surface area (Å²) in [6.07, 6.45) is 2.41. The highest BCUT2D eigenvalue weighted by molar-refractivity contribution is 5.94. The van der Waals surface area contributed by atoms with Crippen LogP contribution in [-0.4, -0.2) is 37.9 Å². The van der Waals surface area contributed by atoms with Gasteiger partial charge in [-0.3, -0.25) is 4.79 Å². The fraction of sp³-hybridized carbons (Fsp3) is 0.500. The van der Waals surface area contributed by atoms with Gasteiger partial charge in [-0.2, -0.15) is 0 Å². The number of methoxy groups -OCH3 is 1. The van der Waals surface area contributed by atoms with Crippen molar-refractivity contribution in [1.82, 2.24) is 5.32 Å². The third-order valence-corrected chi connectivity index (χ3v) is 3.70. The maximum absolute atomic E-state index is 12.1. The SMILES string of the molecule is COCC(C)(CO)CNC(=O)c1ccc(C#CC2CC2)cc1. The van der Waals surface area contributed by atoms with Crippen molar-refractivity contribution in [2.24, 2.45) is 11.3 Å². The Bertz CT molecular complexity index is 566. The van der Waals surface area contributed by atoms with Crippen LogP contribution in [0.2, 0.25) is 0 Å². The van der Waals surface area contributed by atoms with Gasteiger partial charge in [0.1, 0.15) is 0 Å². The van der Waals surface area contributed by atoms with Crippen molar-refractivity contribution in [3.8, 4) is 11.8 Å². The van der Waals surface area contributed by atoms with E-state index in [1.807, 2.05) is 19.1 Å². The first kappa shape index (κ1) is 16.5. The van der Waals surface area contributed by atoms with Crippen LogP contribution in [0.1, 0.15) is 35.7 Å². The van der Waals surface area contributed by atoms with E-state index in [-0.39, 0.29) is 12.5 Å². The van der Waals surface area contributed by atoms with Crippen molar-refractivity contribution in [1.29, 1.82) is 0 Å². The van der Waals surface area contributed by atoms with Crippen molar-refractivity contribution in [2.45, 2.75) is 19.8 Å². The van der Waals surface area contributed by atoms with Crippen molar-refractivity contribution in [2.75, 3.05) is 26.9 Å². The molecule has 0 radical (unpaired) electrons. The minimum absolute atomic E-state index is 0.0448. The number of benzene rings is 1. The summed E-state index contributed by atoms with van der Waals surface area (Å²) in [7, 11) is 1.58. The monoisotopic (exact) mass is 301 g/mol. The van der Waals surface area contributed by atoms with Crippen molar-refractivity contribution < 1.29 is 14.6 Å². The molecule has 0 saturated heterocycles. The minimum atomic E-state index is -0.472. The van der Waals surface area contributed by atoms with Crippen LogP contribution in [0.5, 0.6) is 0 Å². The first-order valence-electron chi connectivity index (χ1n) is 7.56. The molecule has 2 N–H and O–H groups in total. The van der Waals surface area contributed by atoms with E-state index in [0.29, 0.717) is 24.6 Å². The molecule has 1 aromatic rings. The highest BCUT2D eigenvalue weighted by Gasteiger charge is 2.24. The van der Waals surface area contributed by atoms with Gasteiger partial charge < -0.3 is 15.2 Å². The van der Waals surface area contributed by atoms with E-state index >= 15 is 0 Å². The summed E-state index contributed by atoms with van der Waals surface area (Å²) < 4.78 is 5.08. The molecule has 1 fully saturated rings. The summed E-state index contributed by atoms with van der Waals surface area (Å²) in [6.45, 7) is 2.57. The molecule has 1 aliphatic rings. The number of aliphatic hydroxyl groups is 1. The molecule has 0 heterocycles. The average molecular weight is 301 g/mol. The molecule has 0 aliphatic heterocycles. The van der Waals surface area contributed by atoms with Crippen LogP contribution >= 0.6 is 0 Å². The average Bonchev–Trinajstić information content (AvgIpc) is 3.36. The molecule has 4 heteroatoms. The smallest absolute Gasteiger partial charge is 0.251 e. The Morgan fingerprint density at radius 1 is 1.41 bits per heavy atom. The van der Waals surface area contributed by atoms with Gasteiger partial charge in [-0.15, -0.1) is 0 Å². The van der Waals surface area contributed by atoms with E-state index in [9.17, 15) is 9.90 Å². The van der Waals surface area contributed by atoms with E-state index in [0.717, 1.165) is 5.56 Å². The molecule has 22 heavy (non-hydrogen) atoms. The number of ether oxygens (including phenoxy) is 1. The first-order valence-corrected chi connectivity index (χ1v) is 7.56. The molecular formula is C18H23NO3. The van der Waals surface area contributed by atoms with E-state index in [1.54, 1.807) is 19.2 Å².